The fourth-order valence-corrected chi connectivity index (χ4v) is 15.1. The fraction of sp³-hybridized carbons (Fsp3) is 0.406. The van der Waals surface area contributed by atoms with E-state index < -0.39 is 150 Å². The standard InChI is InChI=1S/C40H45N3O8.C37H41N3O6.C16H25N3O6.C2HF3O2.CO2/c1-3-15-32(38(46)49-26-29-17-8-5-9-18-29)25-34(39(47)50-27-30-19-10-6-11-20-30)41-36(44)35-23-14-24-43(35)37(45)33(16-4-2)42-40(48)51-28-31-21-12-7-13-22-31;41-34-33-21-12-22-40(33)35(42)31(38-24-27-13-4-1-5-14-27)20-11-10-19-30(36(43)45-25-28-15-6-2-7-16-28)23-32(39-34)37(44)46-26-29-17-8-3-9-18-29;17-10-5-2-1-4-9(15(22)23)8-11(16(24)25)18-13(20)12-6-3-7-19(12)14(10)21;3-2(4,5)1(6)7;2-1-3/h3-13,17-22,32-35H,1-2,14-16,23-28H2,(H,41,44)(H,42,48);1-11,13-18,30-33,38H,12,19-26H2,(H,39,41);9-12H,1-8,17H2,(H,18,20)(H,22,23)(H,24,25);(H,6,7);/t32-,33-,34+,35+;30-,31-,32-,33-;9-,10-,11-,12-;;/m100../s1. The number of halogens is 3. The number of amides is 7. The van der Waals surface area contributed by atoms with Crippen molar-refractivity contribution in [2.24, 2.45) is 23.5 Å². The van der Waals surface area contributed by atoms with Crippen LogP contribution in [0.15, 0.2) is 219 Å². The molecule has 5 heterocycles. The van der Waals surface area contributed by atoms with Crippen molar-refractivity contribution in [3.05, 3.63) is 253 Å². The summed E-state index contributed by atoms with van der Waals surface area (Å²) in [6.07, 6.45) is 6.71. The van der Waals surface area contributed by atoms with E-state index in [0.29, 0.717) is 83.8 Å². The summed E-state index contributed by atoms with van der Waals surface area (Å²) in [6.45, 7) is 9.22. The second-order valence-corrected chi connectivity index (χ2v) is 31.5. The summed E-state index contributed by atoms with van der Waals surface area (Å²) in [5.74, 6) is -12.5. The van der Waals surface area contributed by atoms with Gasteiger partial charge in [0.1, 0.15) is 75.3 Å². The van der Waals surface area contributed by atoms with Crippen LogP contribution in [-0.4, -0.2) is 200 Å². The maximum Gasteiger partial charge on any atom is 0.490 e. The Labute approximate surface area is 761 Å². The van der Waals surface area contributed by atoms with E-state index in [1.807, 2.05) is 182 Å². The van der Waals surface area contributed by atoms with Crippen molar-refractivity contribution >= 4 is 89.5 Å². The van der Waals surface area contributed by atoms with Crippen LogP contribution in [0.1, 0.15) is 143 Å². The minimum Gasteiger partial charge on any atom is -0.481 e. The molecule has 7 amide bonds. The average molecular weight is 1830 g/mol. The number of alkyl halides is 3. The molecule has 6 aromatic carbocycles. The Morgan fingerprint density at radius 2 is 0.917 bits per heavy atom. The number of nitrogens with one attached hydrogen (secondary N) is 5. The first-order valence-corrected chi connectivity index (χ1v) is 43.2. The molecule has 132 heavy (non-hydrogen) atoms. The van der Waals surface area contributed by atoms with Gasteiger partial charge in [-0.25, -0.2) is 24.0 Å². The smallest absolute Gasteiger partial charge is 0.481 e. The Bertz CT molecular complexity index is 4850. The maximum absolute atomic E-state index is 13.8. The van der Waals surface area contributed by atoms with Crippen molar-refractivity contribution in [2.45, 2.75) is 209 Å². The monoisotopic (exact) mass is 1830 g/mol. The SMILES string of the molecule is C=CC[C@H](C[C@H](NC(=O)[C@@H]1CCCN1C(=O)[C@@H](CC=C)NC(=O)OCc1ccccc1)C(=O)OCc1ccccc1)C(=O)OCc1ccccc1.N[C@H]1CCCC[C@H](C(=O)O)C[C@@H](C(=O)O)NC(=O)[C@@H]2CCCN2C1=O.O=C(O)C(F)(F)F.O=C(OCc1ccccc1)[C@H]1CC=CC[C@H](NCc2ccccc2)C(=O)N2CCC[C@H]2C(=O)N[C@H](C(=O)OCc2ccccc2)C1.O=C=O. The number of allylic oxidation sites excluding steroid dienone is 2. The lowest BCUT2D eigenvalue weighted by Gasteiger charge is -2.29. The Kier molecular flexibility index (Phi) is 44.4. The normalized spacial score (nSPS) is 20.3. The zero-order valence-corrected chi connectivity index (χ0v) is 72.8. The van der Waals surface area contributed by atoms with Gasteiger partial charge < -0.3 is 86.0 Å². The number of aliphatic carboxylic acids is 3. The van der Waals surface area contributed by atoms with Gasteiger partial charge in [-0.3, -0.25) is 43.2 Å². The number of hydrogen-bond donors (Lipinski definition) is 9. The number of benzene rings is 6. The lowest BCUT2D eigenvalue weighted by molar-refractivity contribution is -0.193. The molecule has 4 fully saturated rings. The van der Waals surface area contributed by atoms with Gasteiger partial charge in [0.2, 0.25) is 35.4 Å². The van der Waals surface area contributed by atoms with E-state index in [4.69, 9.17) is 48.9 Å². The van der Waals surface area contributed by atoms with E-state index in [-0.39, 0.29) is 102 Å². The molecule has 4 saturated heterocycles. The van der Waals surface area contributed by atoms with Crippen LogP contribution in [0.25, 0.3) is 0 Å². The van der Waals surface area contributed by atoms with Gasteiger partial charge in [0, 0.05) is 26.2 Å². The van der Waals surface area contributed by atoms with Gasteiger partial charge >= 0.3 is 60.2 Å². The third kappa shape index (κ3) is 35.5. The molecule has 12 atom stereocenters. The van der Waals surface area contributed by atoms with Crippen LogP contribution in [0.5, 0.6) is 0 Å². The number of hydrogen-bond acceptors (Lipinski definition) is 23. The average Bonchev–Trinajstić information content (AvgIpc) is 1.69. The molecule has 706 valence electrons. The minimum absolute atomic E-state index is 0.00627. The molecular weight excluding hydrogens is 1720 g/mol. The number of ether oxygens (including phenoxy) is 5. The van der Waals surface area contributed by atoms with Crippen LogP contribution in [0, 0.1) is 17.8 Å². The number of rotatable bonds is 29. The highest BCUT2D eigenvalue weighted by molar-refractivity contribution is 5.96. The molecule has 0 bridgehead atoms. The quantitative estimate of drug-likeness (QED) is 0.0120. The molecule has 0 unspecified atom stereocenters. The number of nitrogens with zero attached hydrogens (tertiary/aromatic N) is 3. The summed E-state index contributed by atoms with van der Waals surface area (Å²) in [7, 11) is 0. The number of carbonyl (C=O) groups is 14. The number of nitrogens with two attached hydrogens (primary N) is 1. The van der Waals surface area contributed by atoms with Crippen molar-refractivity contribution in [2.75, 3.05) is 19.6 Å². The number of likely N-dealkylation sites (tertiary alicyclic amines) is 1. The molecule has 36 heteroatoms. The Hall–Kier alpha value is -14.0. The first-order valence-electron chi connectivity index (χ1n) is 43.2. The summed E-state index contributed by atoms with van der Waals surface area (Å²) in [5, 5.41) is 39.8. The Balaban J connectivity index is 0.000000268. The summed E-state index contributed by atoms with van der Waals surface area (Å²) >= 11 is 0. The molecule has 0 radical (unpaired) electrons. The summed E-state index contributed by atoms with van der Waals surface area (Å²) in [4.78, 5) is 199. The highest BCUT2D eigenvalue weighted by Gasteiger charge is 2.44. The van der Waals surface area contributed by atoms with Gasteiger partial charge in [-0.15, -0.1) is 13.2 Å². The zero-order valence-electron chi connectivity index (χ0n) is 72.8. The van der Waals surface area contributed by atoms with E-state index in [0.717, 1.165) is 33.4 Å². The highest BCUT2D eigenvalue weighted by Crippen LogP contribution is 2.28. The van der Waals surface area contributed by atoms with Crippen LogP contribution < -0.4 is 32.3 Å². The molecular formula is C96H112F3N9O24. The predicted molar refractivity (Wildman–Crippen MR) is 468 cm³/mol. The van der Waals surface area contributed by atoms with Gasteiger partial charge in [0.25, 0.3) is 0 Å². The molecule has 0 aromatic heterocycles. The molecule has 0 aliphatic carbocycles. The molecule has 11 rings (SSSR count). The van der Waals surface area contributed by atoms with Crippen molar-refractivity contribution in [3.63, 3.8) is 0 Å². The van der Waals surface area contributed by atoms with Gasteiger partial charge in [-0.05, 0) is 130 Å². The number of carboxylic acid groups (broad SMARTS) is 3. The van der Waals surface area contributed by atoms with Gasteiger partial charge in [0.15, 0.2) is 0 Å². The zero-order chi connectivity index (χ0) is 95.9. The third-order valence-electron chi connectivity index (χ3n) is 22.0. The van der Waals surface area contributed by atoms with E-state index >= 15 is 0 Å². The summed E-state index contributed by atoms with van der Waals surface area (Å²) in [6, 6.07) is 47.4. The van der Waals surface area contributed by atoms with Crippen molar-refractivity contribution in [1.29, 1.82) is 0 Å². The summed E-state index contributed by atoms with van der Waals surface area (Å²) < 4.78 is 59.5. The largest absolute Gasteiger partial charge is 0.490 e. The maximum atomic E-state index is 13.8. The Morgan fingerprint density at radius 3 is 1.39 bits per heavy atom. The van der Waals surface area contributed by atoms with Crippen molar-refractivity contribution < 1.29 is 129 Å². The molecule has 5 aliphatic rings. The van der Waals surface area contributed by atoms with Crippen LogP contribution >= 0.6 is 0 Å². The molecule has 10 N–H and O–H groups in total. The third-order valence-corrected chi connectivity index (χ3v) is 22.0. The highest BCUT2D eigenvalue weighted by atomic mass is 19.4. The van der Waals surface area contributed by atoms with Crippen molar-refractivity contribution in [3.8, 4) is 0 Å². The first-order chi connectivity index (χ1) is 63.4. The number of carboxylic acids is 3. The molecule has 0 saturated carbocycles. The molecule has 33 nitrogen and oxygen atoms in total. The van der Waals surface area contributed by atoms with E-state index in [2.05, 4.69) is 39.7 Å². The topological polar surface area (TPSA) is 476 Å². The number of carbonyl (C=O) groups excluding carboxylic acids is 13. The van der Waals surface area contributed by atoms with Crippen LogP contribution in [-0.2, 0) is 135 Å². The lowest BCUT2D eigenvalue weighted by atomic mass is 9.93. The number of fused-ring (bicyclic) bond motifs is 2. The molecule has 6 aromatic rings. The van der Waals surface area contributed by atoms with E-state index in [1.165, 1.54) is 15.9 Å². The van der Waals surface area contributed by atoms with E-state index in [1.54, 1.807) is 23.1 Å². The number of esters is 4. The van der Waals surface area contributed by atoms with Crippen LogP contribution in [0.3, 0.4) is 0 Å². The van der Waals surface area contributed by atoms with E-state index in [9.17, 15) is 85.7 Å². The fourth-order valence-electron chi connectivity index (χ4n) is 15.1. The molecule has 5 aliphatic heterocycles. The second kappa shape index (κ2) is 55.8. The Morgan fingerprint density at radius 1 is 0.492 bits per heavy atom. The van der Waals surface area contributed by atoms with Gasteiger partial charge in [-0.2, -0.15) is 22.8 Å². The minimum atomic E-state index is -5.08. The summed E-state index contributed by atoms with van der Waals surface area (Å²) in [5.41, 5.74) is 10.9. The van der Waals surface area contributed by atoms with Crippen molar-refractivity contribution in [1.82, 2.24) is 41.3 Å². The number of alkyl carbamates (subject to hydrolysis) is 1. The molecule has 0 spiro atoms. The lowest BCUT2D eigenvalue weighted by Crippen LogP contribution is -2.55. The van der Waals surface area contributed by atoms with Crippen LogP contribution in [0.2, 0.25) is 0 Å². The van der Waals surface area contributed by atoms with Crippen LogP contribution in [0.4, 0.5) is 18.0 Å². The van der Waals surface area contributed by atoms with Gasteiger partial charge in [-0.1, -0.05) is 219 Å². The van der Waals surface area contributed by atoms with Gasteiger partial charge in [0.05, 0.1) is 29.8 Å². The predicted octanol–water partition coefficient (Wildman–Crippen LogP) is 9.46. The first kappa shape index (κ1) is 105. The second-order valence-electron chi connectivity index (χ2n) is 31.5.